The van der Waals surface area contributed by atoms with Crippen LogP contribution in [0, 0.1) is 0 Å². The first-order valence-corrected chi connectivity index (χ1v) is 10.6. The third kappa shape index (κ3) is 4.26. The Kier molecular flexibility index (Phi) is 5.93. The van der Waals surface area contributed by atoms with Crippen LogP contribution in [0.1, 0.15) is 49.1 Å². The van der Waals surface area contributed by atoms with E-state index in [9.17, 15) is 14.4 Å². The van der Waals surface area contributed by atoms with Gasteiger partial charge in [-0.15, -0.1) is 0 Å². The van der Waals surface area contributed by atoms with Crippen LogP contribution in [0.2, 0.25) is 0 Å². The predicted molar refractivity (Wildman–Crippen MR) is 115 cm³/mol. The maximum atomic E-state index is 12.7. The van der Waals surface area contributed by atoms with E-state index in [0.717, 1.165) is 35.1 Å². The Labute approximate surface area is 180 Å². The van der Waals surface area contributed by atoms with E-state index in [-0.39, 0.29) is 31.4 Å². The smallest absolute Gasteiger partial charge is 0.408 e. The van der Waals surface area contributed by atoms with Crippen molar-refractivity contribution in [2.45, 2.75) is 43.6 Å². The summed E-state index contributed by atoms with van der Waals surface area (Å²) in [4.78, 5) is 36.1. The third-order valence-electron chi connectivity index (χ3n) is 6.20. The van der Waals surface area contributed by atoms with Gasteiger partial charge in [-0.3, -0.25) is 9.59 Å². The van der Waals surface area contributed by atoms with Gasteiger partial charge in [-0.05, 0) is 35.1 Å². The number of rotatable bonds is 7. The lowest BCUT2D eigenvalue weighted by Gasteiger charge is -2.28. The number of hydrogen-bond donors (Lipinski definition) is 3. The van der Waals surface area contributed by atoms with Gasteiger partial charge in [-0.1, -0.05) is 61.4 Å². The van der Waals surface area contributed by atoms with Crippen LogP contribution in [0.5, 0.6) is 0 Å². The largest absolute Gasteiger partial charge is 0.481 e. The Bertz CT molecular complexity index is 951. The van der Waals surface area contributed by atoms with Crippen molar-refractivity contribution in [1.29, 1.82) is 0 Å². The van der Waals surface area contributed by atoms with Crippen molar-refractivity contribution in [3.63, 3.8) is 0 Å². The predicted octanol–water partition coefficient (Wildman–Crippen LogP) is 3.43. The Morgan fingerprint density at radius 1 is 0.968 bits per heavy atom. The summed E-state index contributed by atoms with van der Waals surface area (Å²) < 4.78 is 5.60. The van der Waals surface area contributed by atoms with Gasteiger partial charge in [0.1, 0.15) is 12.1 Å². The standard InChI is InChI=1S/C24H26N2O5/c27-21(28)11-14-25-22(29)24(12-5-6-13-24)26-23(30)31-15-20-18-9-3-1-7-16(18)17-8-2-4-10-19(17)20/h1-4,7-10,20H,5-6,11-15H2,(H,25,29)(H,26,30)(H,27,28). The van der Waals surface area contributed by atoms with Crippen molar-refractivity contribution in [2.24, 2.45) is 0 Å². The number of ether oxygens (including phenoxy) is 1. The molecule has 2 aromatic carbocycles. The van der Waals surface area contributed by atoms with E-state index in [0.29, 0.717) is 12.8 Å². The first kappa shape index (κ1) is 20.9. The maximum absolute atomic E-state index is 12.7. The van der Waals surface area contributed by atoms with E-state index in [4.69, 9.17) is 9.84 Å². The van der Waals surface area contributed by atoms with Crippen LogP contribution >= 0.6 is 0 Å². The molecule has 2 aliphatic carbocycles. The summed E-state index contributed by atoms with van der Waals surface area (Å²) in [5.74, 6) is -1.38. The quantitative estimate of drug-likeness (QED) is 0.634. The van der Waals surface area contributed by atoms with Crippen LogP contribution in [0.4, 0.5) is 4.79 Å². The molecule has 1 fully saturated rings. The Morgan fingerprint density at radius 2 is 1.55 bits per heavy atom. The number of aliphatic carboxylic acids is 1. The number of alkyl carbamates (subject to hydrolysis) is 1. The zero-order chi connectivity index (χ0) is 21.8. The van der Waals surface area contributed by atoms with Gasteiger partial charge in [0.05, 0.1) is 6.42 Å². The van der Waals surface area contributed by atoms with Crippen LogP contribution in [0.25, 0.3) is 11.1 Å². The van der Waals surface area contributed by atoms with Gasteiger partial charge in [0.15, 0.2) is 0 Å². The molecule has 31 heavy (non-hydrogen) atoms. The van der Waals surface area contributed by atoms with Gasteiger partial charge < -0.3 is 20.5 Å². The maximum Gasteiger partial charge on any atom is 0.408 e. The van der Waals surface area contributed by atoms with Crippen molar-refractivity contribution in [1.82, 2.24) is 10.6 Å². The van der Waals surface area contributed by atoms with Gasteiger partial charge in [0.2, 0.25) is 5.91 Å². The number of carbonyl (C=O) groups is 3. The Hall–Kier alpha value is -3.35. The van der Waals surface area contributed by atoms with E-state index in [1.54, 1.807) is 0 Å². The highest BCUT2D eigenvalue weighted by molar-refractivity contribution is 5.90. The van der Waals surface area contributed by atoms with Crippen LogP contribution in [-0.2, 0) is 14.3 Å². The number of hydrogen-bond acceptors (Lipinski definition) is 4. The molecule has 0 spiro atoms. The molecule has 0 aromatic heterocycles. The monoisotopic (exact) mass is 422 g/mol. The highest BCUT2D eigenvalue weighted by Gasteiger charge is 2.43. The molecule has 0 bridgehead atoms. The second kappa shape index (κ2) is 8.79. The molecule has 2 aliphatic rings. The van der Waals surface area contributed by atoms with Crippen LogP contribution in [0.15, 0.2) is 48.5 Å². The number of fused-ring (bicyclic) bond motifs is 3. The third-order valence-corrected chi connectivity index (χ3v) is 6.20. The van der Waals surface area contributed by atoms with Crippen molar-refractivity contribution < 1.29 is 24.2 Å². The number of amides is 2. The summed E-state index contributed by atoms with van der Waals surface area (Å²) in [5.41, 5.74) is 3.51. The molecule has 3 N–H and O–H groups in total. The van der Waals surface area contributed by atoms with E-state index in [1.807, 2.05) is 24.3 Å². The van der Waals surface area contributed by atoms with Gasteiger partial charge in [0, 0.05) is 12.5 Å². The Balaban J connectivity index is 1.41. The van der Waals surface area contributed by atoms with E-state index in [2.05, 4.69) is 34.9 Å². The molecule has 4 rings (SSSR count). The zero-order valence-corrected chi connectivity index (χ0v) is 17.2. The normalized spacial score (nSPS) is 16.3. The second-order valence-electron chi connectivity index (χ2n) is 8.14. The molecule has 0 atom stereocenters. The van der Waals surface area contributed by atoms with Gasteiger partial charge >= 0.3 is 12.1 Å². The highest BCUT2D eigenvalue weighted by Crippen LogP contribution is 2.44. The summed E-state index contributed by atoms with van der Waals surface area (Å²) in [5, 5.41) is 14.2. The molecule has 2 amide bonds. The molecule has 1 saturated carbocycles. The lowest BCUT2D eigenvalue weighted by Crippen LogP contribution is -2.57. The van der Waals surface area contributed by atoms with Gasteiger partial charge in [0.25, 0.3) is 0 Å². The molecule has 7 heteroatoms. The van der Waals surface area contributed by atoms with Crippen molar-refractivity contribution >= 4 is 18.0 Å². The minimum absolute atomic E-state index is 0.0300. The first-order valence-electron chi connectivity index (χ1n) is 10.6. The minimum Gasteiger partial charge on any atom is -0.481 e. The summed E-state index contributed by atoms with van der Waals surface area (Å²) in [6.07, 6.45) is 1.86. The fourth-order valence-electron chi connectivity index (χ4n) is 4.67. The van der Waals surface area contributed by atoms with Crippen molar-refractivity contribution in [3.8, 4) is 11.1 Å². The lowest BCUT2D eigenvalue weighted by molar-refractivity contribution is -0.137. The number of nitrogens with one attached hydrogen (secondary N) is 2. The summed E-state index contributed by atoms with van der Waals surface area (Å²) in [6.45, 7) is 0.207. The fraction of sp³-hybridized carbons (Fsp3) is 0.375. The van der Waals surface area contributed by atoms with E-state index in [1.165, 1.54) is 0 Å². The zero-order valence-electron chi connectivity index (χ0n) is 17.2. The molecule has 0 unspecified atom stereocenters. The van der Waals surface area contributed by atoms with Crippen LogP contribution < -0.4 is 10.6 Å². The average Bonchev–Trinajstić information content (AvgIpc) is 3.36. The first-order chi connectivity index (χ1) is 15.0. The molecule has 0 saturated heterocycles. The molecule has 0 aliphatic heterocycles. The summed E-state index contributed by atoms with van der Waals surface area (Å²) >= 11 is 0. The van der Waals surface area contributed by atoms with Crippen molar-refractivity contribution in [3.05, 3.63) is 59.7 Å². The number of carboxylic acids is 1. The van der Waals surface area contributed by atoms with E-state index >= 15 is 0 Å². The van der Waals surface area contributed by atoms with E-state index < -0.39 is 17.6 Å². The SMILES string of the molecule is O=C(O)CCNC(=O)C1(NC(=O)OCC2c3ccccc3-c3ccccc32)CCCC1. The second-order valence-corrected chi connectivity index (χ2v) is 8.14. The molecular weight excluding hydrogens is 396 g/mol. The van der Waals surface area contributed by atoms with Crippen LogP contribution in [-0.4, -0.2) is 41.8 Å². The number of benzene rings is 2. The highest BCUT2D eigenvalue weighted by atomic mass is 16.5. The molecule has 7 nitrogen and oxygen atoms in total. The Morgan fingerprint density at radius 3 is 2.13 bits per heavy atom. The number of carboxylic acid groups (broad SMARTS) is 1. The molecule has 2 aromatic rings. The molecule has 0 heterocycles. The lowest BCUT2D eigenvalue weighted by atomic mass is 9.96. The summed E-state index contributed by atoms with van der Waals surface area (Å²) in [6, 6.07) is 16.2. The van der Waals surface area contributed by atoms with Gasteiger partial charge in [-0.2, -0.15) is 0 Å². The minimum atomic E-state index is -1.04. The molecular formula is C24H26N2O5. The molecule has 0 radical (unpaired) electrons. The summed E-state index contributed by atoms with van der Waals surface area (Å²) in [7, 11) is 0. The molecule has 162 valence electrons. The number of carbonyl (C=O) groups excluding carboxylic acids is 2. The van der Waals surface area contributed by atoms with Crippen molar-refractivity contribution in [2.75, 3.05) is 13.2 Å². The van der Waals surface area contributed by atoms with Gasteiger partial charge in [-0.25, -0.2) is 4.79 Å². The van der Waals surface area contributed by atoms with Crippen LogP contribution in [0.3, 0.4) is 0 Å². The topological polar surface area (TPSA) is 105 Å². The fourth-order valence-corrected chi connectivity index (χ4v) is 4.67. The average molecular weight is 422 g/mol.